The fraction of sp³-hybridized carbons (Fsp3) is 0.556. The Bertz CT molecular complexity index is 564. The van der Waals surface area contributed by atoms with Gasteiger partial charge >= 0.3 is 0 Å². The fourth-order valence-electron chi connectivity index (χ4n) is 1.01. The zero-order valence-electron chi connectivity index (χ0n) is 10.3. The van der Waals surface area contributed by atoms with Gasteiger partial charge in [0.1, 0.15) is 5.15 Å². The molecule has 0 spiro atoms. The summed E-state index contributed by atoms with van der Waals surface area (Å²) in [6.45, 7) is 2.95. The van der Waals surface area contributed by atoms with Crippen molar-refractivity contribution < 1.29 is 13.2 Å². The SMILES string of the molecule is Cn1cnc(S(=O)(=O)NCC(C)(C)C(N)=O)c1Cl. The highest BCUT2D eigenvalue weighted by Crippen LogP contribution is 2.19. The third-order valence-electron chi connectivity index (χ3n) is 2.46. The van der Waals surface area contributed by atoms with Gasteiger partial charge in [-0.2, -0.15) is 0 Å². The topological polar surface area (TPSA) is 107 Å². The summed E-state index contributed by atoms with van der Waals surface area (Å²) in [4.78, 5) is 14.8. The molecule has 1 amide bonds. The number of hydrogen-bond acceptors (Lipinski definition) is 4. The van der Waals surface area contributed by atoms with Crippen LogP contribution >= 0.6 is 11.6 Å². The van der Waals surface area contributed by atoms with Crippen molar-refractivity contribution in [3.63, 3.8) is 0 Å². The Morgan fingerprint density at radius 2 is 2.17 bits per heavy atom. The maximum Gasteiger partial charge on any atom is 0.261 e. The molecule has 0 saturated carbocycles. The van der Waals surface area contributed by atoms with Gasteiger partial charge in [-0.05, 0) is 13.8 Å². The smallest absolute Gasteiger partial charge is 0.261 e. The quantitative estimate of drug-likeness (QED) is 0.788. The lowest BCUT2D eigenvalue weighted by molar-refractivity contribution is -0.125. The van der Waals surface area contributed by atoms with Crippen LogP contribution in [0.15, 0.2) is 11.4 Å². The van der Waals surface area contributed by atoms with Crippen LogP contribution in [0, 0.1) is 5.41 Å². The first-order valence-electron chi connectivity index (χ1n) is 5.04. The lowest BCUT2D eigenvalue weighted by Crippen LogP contribution is -2.42. The normalized spacial score (nSPS) is 12.7. The molecule has 0 bridgehead atoms. The molecule has 1 rings (SSSR count). The number of nitrogens with zero attached hydrogens (tertiary/aromatic N) is 2. The highest BCUT2D eigenvalue weighted by Gasteiger charge is 2.29. The molecule has 0 aliphatic carbocycles. The molecule has 3 N–H and O–H groups in total. The minimum absolute atomic E-state index is 0.000573. The standard InChI is InChI=1S/C9H15ClN4O3S/c1-9(2,8(11)15)4-13-18(16,17)7-6(10)14(3)5-12-7/h5,13H,4H2,1-3H3,(H2,11,15). The van der Waals surface area contributed by atoms with Gasteiger partial charge in [-0.1, -0.05) is 11.6 Å². The molecule has 9 heteroatoms. The maximum atomic E-state index is 11.9. The van der Waals surface area contributed by atoms with E-state index in [2.05, 4.69) is 9.71 Å². The summed E-state index contributed by atoms with van der Waals surface area (Å²) in [5.41, 5.74) is 4.16. The van der Waals surface area contributed by atoms with Gasteiger partial charge in [0.05, 0.1) is 11.7 Å². The van der Waals surface area contributed by atoms with E-state index in [0.29, 0.717) is 0 Å². The molecule has 7 nitrogen and oxygen atoms in total. The number of carbonyl (C=O) groups excluding carboxylic acids is 1. The number of primary amides is 1. The summed E-state index contributed by atoms with van der Waals surface area (Å²) in [5.74, 6) is -0.600. The van der Waals surface area contributed by atoms with Crippen molar-refractivity contribution in [1.82, 2.24) is 14.3 Å². The van der Waals surface area contributed by atoms with E-state index in [-0.39, 0.29) is 16.7 Å². The number of halogens is 1. The monoisotopic (exact) mass is 294 g/mol. The zero-order valence-corrected chi connectivity index (χ0v) is 11.8. The van der Waals surface area contributed by atoms with Gasteiger partial charge in [-0.15, -0.1) is 0 Å². The van der Waals surface area contributed by atoms with E-state index < -0.39 is 21.3 Å². The molecule has 18 heavy (non-hydrogen) atoms. The average Bonchev–Trinajstić information content (AvgIpc) is 2.58. The number of sulfonamides is 1. The molecule has 0 radical (unpaired) electrons. The van der Waals surface area contributed by atoms with Crippen LogP contribution in [0.5, 0.6) is 0 Å². The fourth-order valence-corrected chi connectivity index (χ4v) is 2.64. The number of imidazole rings is 1. The van der Waals surface area contributed by atoms with Crippen molar-refractivity contribution in [2.45, 2.75) is 18.9 Å². The molecule has 0 fully saturated rings. The van der Waals surface area contributed by atoms with Gasteiger partial charge in [0, 0.05) is 13.6 Å². The lowest BCUT2D eigenvalue weighted by atomic mass is 9.93. The first-order valence-corrected chi connectivity index (χ1v) is 6.90. The van der Waals surface area contributed by atoms with Crippen LogP contribution in [-0.4, -0.2) is 30.4 Å². The molecule has 0 atom stereocenters. The molecule has 1 aromatic heterocycles. The van der Waals surface area contributed by atoms with Crippen molar-refractivity contribution in [1.29, 1.82) is 0 Å². The predicted octanol–water partition coefficient (Wildman–Crippen LogP) is -0.137. The van der Waals surface area contributed by atoms with Crippen LogP contribution in [0.4, 0.5) is 0 Å². The van der Waals surface area contributed by atoms with Crippen LogP contribution < -0.4 is 10.5 Å². The Morgan fingerprint density at radius 1 is 1.61 bits per heavy atom. The van der Waals surface area contributed by atoms with Gasteiger partial charge in [0.2, 0.25) is 10.9 Å². The minimum atomic E-state index is -3.86. The number of hydrogen-bond donors (Lipinski definition) is 2. The molecular weight excluding hydrogens is 280 g/mol. The van der Waals surface area contributed by atoms with Gasteiger partial charge in [0.15, 0.2) is 0 Å². The van der Waals surface area contributed by atoms with Gasteiger partial charge in [-0.25, -0.2) is 18.1 Å². The third-order valence-corrected chi connectivity index (χ3v) is 4.35. The first-order chi connectivity index (χ1) is 8.08. The van der Waals surface area contributed by atoms with E-state index in [1.165, 1.54) is 24.7 Å². The van der Waals surface area contributed by atoms with E-state index in [0.717, 1.165) is 0 Å². The minimum Gasteiger partial charge on any atom is -0.369 e. The number of carbonyl (C=O) groups is 1. The number of amides is 1. The van der Waals surface area contributed by atoms with Crippen molar-refractivity contribution in [2.24, 2.45) is 18.2 Å². The zero-order chi connectivity index (χ0) is 14.1. The number of nitrogens with two attached hydrogens (primary N) is 1. The molecule has 102 valence electrons. The summed E-state index contributed by atoms with van der Waals surface area (Å²) < 4.78 is 27.5. The van der Waals surface area contributed by atoms with Gasteiger partial charge in [-0.3, -0.25) is 4.79 Å². The van der Waals surface area contributed by atoms with Gasteiger partial charge in [0.25, 0.3) is 10.0 Å². The molecule has 1 aromatic rings. The van der Waals surface area contributed by atoms with Crippen molar-refractivity contribution in [3.8, 4) is 0 Å². The Kier molecular flexibility index (Phi) is 4.04. The second kappa shape index (κ2) is 4.87. The van der Waals surface area contributed by atoms with Gasteiger partial charge < -0.3 is 10.3 Å². The molecule has 1 heterocycles. The number of aromatic nitrogens is 2. The summed E-state index contributed by atoms with van der Waals surface area (Å²) in [6, 6.07) is 0. The van der Waals surface area contributed by atoms with Crippen LogP contribution in [0.3, 0.4) is 0 Å². The Labute approximate surface area is 110 Å². The summed E-state index contributed by atoms with van der Waals surface area (Å²) in [5, 5.41) is -0.272. The molecule has 0 aromatic carbocycles. The summed E-state index contributed by atoms with van der Waals surface area (Å²) in [6.07, 6.45) is 1.29. The van der Waals surface area contributed by atoms with Crippen LogP contribution in [0.25, 0.3) is 0 Å². The van der Waals surface area contributed by atoms with Crippen molar-refractivity contribution in [3.05, 3.63) is 11.5 Å². The molecule has 0 unspecified atom stereocenters. The first kappa shape index (κ1) is 14.9. The van der Waals surface area contributed by atoms with E-state index in [1.54, 1.807) is 7.05 Å². The number of aryl methyl sites for hydroxylation is 1. The lowest BCUT2D eigenvalue weighted by Gasteiger charge is -2.20. The van der Waals surface area contributed by atoms with Crippen LogP contribution in [-0.2, 0) is 21.9 Å². The second-order valence-corrected chi connectivity index (χ2v) is 6.56. The van der Waals surface area contributed by atoms with E-state index in [4.69, 9.17) is 17.3 Å². The van der Waals surface area contributed by atoms with Crippen LogP contribution in [0.1, 0.15) is 13.8 Å². The Morgan fingerprint density at radius 3 is 2.56 bits per heavy atom. The molecular formula is C9H15ClN4O3S. The molecule has 0 saturated heterocycles. The van der Waals surface area contributed by atoms with E-state index >= 15 is 0 Å². The molecule has 0 aliphatic heterocycles. The third kappa shape index (κ3) is 3.01. The highest BCUT2D eigenvalue weighted by molar-refractivity contribution is 7.89. The van der Waals surface area contributed by atoms with Crippen molar-refractivity contribution in [2.75, 3.05) is 6.54 Å². The summed E-state index contributed by atoms with van der Waals surface area (Å²) in [7, 11) is -2.29. The summed E-state index contributed by atoms with van der Waals surface area (Å²) >= 11 is 5.80. The largest absolute Gasteiger partial charge is 0.369 e. The molecule has 0 aliphatic rings. The maximum absolute atomic E-state index is 11.9. The van der Waals surface area contributed by atoms with Crippen LogP contribution in [0.2, 0.25) is 5.15 Å². The van der Waals surface area contributed by atoms with E-state index in [9.17, 15) is 13.2 Å². The highest BCUT2D eigenvalue weighted by atomic mass is 35.5. The predicted molar refractivity (Wildman–Crippen MR) is 66.4 cm³/mol. The number of nitrogens with one attached hydrogen (secondary N) is 1. The second-order valence-electron chi connectivity index (χ2n) is 4.52. The van der Waals surface area contributed by atoms with Crippen molar-refractivity contribution >= 4 is 27.5 Å². The average molecular weight is 295 g/mol. The number of rotatable bonds is 5. The Hall–Kier alpha value is -1.12. The van der Waals surface area contributed by atoms with E-state index in [1.807, 2.05) is 0 Å². The Balaban J connectivity index is 2.91.